The summed E-state index contributed by atoms with van der Waals surface area (Å²) in [4.78, 5) is 0. The van der Waals surface area contributed by atoms with Gasteiger partial charge in [0.05, 0.1) is 0 Å². The summed E-state index contributed by atoms with van der Waals surface area (Å²) in [6.07, 6.45) is 5.04. The molecule has 0 bridgehead atoms. The highest BCUT2D eigenvalue weighted by molar-refractivity contribution is 5.21. The lowest BCUT2D eigenvalue weighted by molar-refractivity contribution is 0.456. The maximum atomic E-state index is 8.55. The third-order valence-electron chi connectivity index (χ3n) is 2.49. The molecule has 12 heavy (non-hydrogen) atoms. The molecule has 1 aliphatic carbocycles. The lowest BCUT2D eigenvalue weighted by Gasteiger charge is -2.02. The molecule has 0 atom stereocenters. The van der Waals surface area contributed by atoms with Gasteiger partial charge in [0, 0.05) is 5.92 Å². The van der Waals surface area contributed by atoms with Crippen LogP contribution in [0.25, 0.3) is 0 Å². The van der Waals surface area contributed by atoms with Gasteiger partial charge in [-0.1, -0.05) is 12.8 Å². The topological polar surface area (TPSA) is 36.9 Å². The SMILES string of the molecule is N#Cc1ccc(C2CCCC2)o1. The van der Waals surface area contributed by atoms with Crippen LogP contribution in [-0.4, -0.2) is 0 Å². The van der Waals surface area contributed by atoms with Crippen molar-refractivity contribution >= 4 is 0 Å². The molecule has 0 aliphatic heterocycles. The Morgan fingerprint density at radius 1 is 1.33 bits per heavy atom. The van der Waals surface area contributed by atoms with Crippen molar-refractivity contribution in [1.82, 2.24) is 0 Å². The molecule has 0 N–H and O–H groups in total. The number of nitriles is 1. The second-order valence-electron chi connectivity index (χ2n) is 3.30. The summed E-state index contributed by atoms with van der Waals surface area (Å²) < 4.78 is 5.36. The van der Waals surface area contributed by atoms with Crippen molar-refractivity contribution in [3.8, 4) is 6.07 Å². The maximum Gasteiger partial charge on any atom is 0.203 e. The van der Waals surface area contributed by atoms with E-state index in [1.165, 1.54) is 25.7 Å². The lowest BCUT2D eigenvalue weighted by atomic mass is 10.1. The molecule has 0 spiro atoms. The molecular weight excluding hydrogens is 150 g/mol. The highest BCUT2D eigenvalue weighted by Gasteiger charge is 2.19. The Bertz CT molecular complexity index is 302. The van der Waals surface area contributed by atoms with E-state index in [0.29, 0.717) is 11.7 Å². The average molecular weight is 161 g/mol. The van der Waals surface area contributed by atoms with Crippen LogP contribution in [0.3, 0.4) is 0 Å². The summed E-state index contributed by atoms with van der Waals surface area (Å²) in [5.74, 6) is 2.02. The third-order valence-corrected chi connectivity index (χ3v) is 2.49. The standard InChI is InChI=1S/C10H11NO/c11-7-9-5-6-10(12-9)8-3-1-2-4-8/h5-6,8H,1-4H2. The van der Waals surface area contributed by atoms with Gasteiger partial charge in [-0.2, -0.15) is 5.26 Å². The molecule has 1 aliphatic rings. The fourth-order valence-electron chi connectivity index (χ4n) is 1.84. The molecule has 1 fully saturated rings. The maximum absolute atomic E-state index is 8.55. The summed E-state index contributed by atoms with van der Waals surface area (Å²) in [6.45, 7) is 0. The predicted molar refractivity (Wildman–Crippen MR) is 44.6 cm³/mol. The van der Waals surface area contributed by atoms with Gasteiger partial charge in [0.1, 0.15) is 11.8 Å². The number of furan rings is 1. The molecule has 0 saturated heterocycles. The Morgan fingerprint density at radius 2 is 2.08 bits per heavy atom. The van der Waals surface area contributed by atoms with Gasteiger partial charge < -0.3 is 4.42 Å². The highest BCUT2D eigenvalue weighted by atomic mass is 16.3. The zero-order valence-electron chi connectivity index (χ0n) is 6.92. The second kappa shape index (κ2) is 3.02. The van der Waals surface area contributed by atoms with E-state index in [0.717, 1.165) is 5.76 Å². The largest absolute Gasteiger partial charge is 0.450 e. The van der Waals surface area contributed by atoms with Gasteiger partial charge >= 0.3 is 0 Å². The van der Waals surface area contributed by atoms with E-state index in [-0.39, 0.29) is 0 Å². The number of hydrogen-bond acceptors (Lipinski definition) is 2. The smallest absolute Gasteiger partial charge is 0.203 e. The summed E-state index contributed by atoms with van der Waals surface area (Å²) in [6, 6.07) is 5.70. The van der Waals surface area contributed by atoms with Gasteiger partial charge in [0.25, 0.3) is 0 Å². The fraction of sp³-hybridized carbons (Fsp3) is 0.500. The van der Waals surface area contributed by atoms with E-state index in [9.17, 15) is 0 Å². The summed E-state index contributed by atoms with van der Waals surface area (Å²) in [5, 5.41) is 8.55. The van der Waals surface area contributed by atoms with E-state index in [1.54, 1.807) is 6.07 Å². The molecule has 0 unspecified atom stereocenters. The molecule has 2 heteroatoms. The van der Waals surface area contributed by atoms with Crippen molar-refractivity contribution < 1.29 is 4.42 Å². The van der Waals surface area contributed by atoms with Gasteiger partial charge in [0.15, 0.2) is 0 Å². The quantitative estimate of drug-likeness (QED) is 0.635. The lowest BCUT2D eigenvalue weighted by Crippen LogP contribution is -1.87. The summed E-state index contributed by atoms with van der Waals surface area (Å²) in [5.41, 5.74) is 0. The van der Waals surface area contributed by atoms with Crippen molar-refractivity contribution in [2.75, 3.05) is 0 Å². The zero-order chi connectivity index (χ0) is 8.39. The molecule has 62 valence electrons. The zero-order valence-corrected chi connectivity index (χ0v) is 6.92. The Morgan fingerprint density at radius 3 is 2.67 bits per heavy atom. The van der Waals surface area contributed by atoms with Crippen LogP contribution in [0.15, 0.2) is 16.5 Å². The van der Waals surface area contributed by atoms with Crippen LogP contribution in [0.4, 0.5) is 0 Å². The minimum Gasteiger partial charge on any atom is -0.450 e. The van der Waals surface area contributed by atoms with E-state index < -0.39 is 0 Å². The average Bonchev–Trinajstić information content (AvgIpc) is 2.75. The predicted octanol–water partition coefficient (Wildman–Crippen LogP) is 2.81. The summed E-state index contributed by atoms with van der Waals surface area (Å²) >= 11 is 0. The first-order valence-corrected chi connectivity index (χ1v) is 4.40. The molecule has 0 radical (unpaired) electrons. The molecule has 2 rings (SSSR count). The first-order chi connectivity index (χ1) is 5.90. The van der Waals surface area contributed by atoms with Crippen LogP contribution < -0.4 is 0 Å². The van der Waals surface area contributed by atoms with E-state index >= 15 is 0 Å². The molecule has 0 amide bonds. The van der Waals surface area contributed by atoms with Gasteiger partial charge in [0.2, 0.25) is 5.76 Å². The molecule has 1 aromatic rings. The first kappa shape index (κ1) is 7.42. The van der Waals surface area contributed by atoms with Crippen LogP contribution in [0.2, 0.25) is 0 Å². The molecular formula is C10H11NO. The number of rotatable bonds is 1. The van der Waals surface area contributed by atoms with Crippen molar-refractivity contribution in [2.24, 2.45) is 0 Å². The van der Waals surface area contributed by atoms with Crippen molar-refractivity contribution in [1.29, 1.82) is 5.26 Å². The van der Waals surface area contributed by atoms with E-state index in [4.69, 9.17) is 9.68 Å². The molecule has 2 nitrogen and oxygen atoms in total. The van der Waals surface area contributed by atoms with Gasteiger partial charge in [-0.15, -0.1) is 0 Å². The van der Waals surface area contributed by atoms with E-state index in [1.807, 2.05) is 12.1 Å². The summed E-state index contributed by atoms with van der Waals surface area (Å²) in [7, 11) is 0. The fourth-order valence-corrected chi connectivity index (χ4v) is 1.84. The minimum atomic E-state index is 0.442. The normalized spacial score (nSPS) is 17.9. The Balaban J connectivity index is 2.17. The monoisotopic (exact) mass is 161 g/mol. The molecule has 0 aromatic carbocycles. The van der Waals surface area contributed by atoms with Gasteiger partial charge in [-0.3, -0.25) is 0 Å². The first-order valence-electron chi connectivity index (χ1n) is 4.40. The Labute approximate surface area is 71.8 Å². The minimum absolute atomic E-state index is 0.442. The van der Waals surface area contributed by atoms with Crippen molar-refractivity contribution in [3.05, 3.63) is 23.7 Å². The van der Waals surface area contributed by atoms with E-state index in [2.05, 4.69) is 0 Å². The van der Waals surface area contributed by atoms with Gasteiger partial charge in [-0.05, 0) is 25.0 Å². The van der Waals surface area contributed by atoms with Crippen LogP contribution >= 0.6 is 0 Å². The molecule has 1 saturated carbocycles. The highest BCUT2D eigenvalue weighted by Crippen LogP contribution is 2.34. The van der Waals surface area contributed by atoms with Crippen LogP contribution in [-0.2, 0) is 0 Å². The van der Waals surface area contributed by atoms with Crippen LogP contribution in [0.5, 0.6) is 0 Å². The van der Waals surface area contributed by atoms with Gasteiger partial charge in [-0.25, -0.2) is 0 Å². The Kier molecular flexibility index (Phi) is 1.87. The van der Waals surface area contributed by atoms with Crippen LogP contribution in [0.1, 0.15) is 43.1 Å². The van der Waals surface area contributed by atoms with Crippen molar-refractivity contribution in [3.63, 3.8) is 0 Å². The third kappa shape index (κ3) is 1.23. The van der Waals surface area contributed by atoms with Crippen LogP contribution in [0, 0.1) is 11.3 Å². The molecule has 1 aromatic heterocycles. The Hall–Kier alpha value is -1.23. The number of nitrogens with zero attached hydrogens (tertiary/aromatic N) is 1. The molecule has 1 heterocycles. The number of hydrogen-bond donors (Lipinski definition) is 0. The van der Waals surface area contributed by atoms with Crippen molar-refractivity contribution in [2.45, 2.75) is 31.6 Å². The second-order valence-corrected chi connectivity index (χ2v) is 3.30.